The van der Waals surface area contributed by atoms with Crippen LogP contribution in [0.3, 0.4) is 0 Å². The van der Waals surface area contributed by atoms with Gasteiger partial charge in [0.05, 0.1) is 10.1 Å². The predicted octanol–water partition coefficient (Wildman–Crippen LogP) is 1.10. The topological polar surface area (TPSA) is 87.1 Å². The van der Waals surface area contributed by atoms with Gasteiger partial charge in [-0.2, -0.15) is 0 Å². The van der Waals surface area contributed by atoms with Crippen LogP contribution in [0, 0.1) is 12.1 Å². The molecule has 0 spiro atoms. The summed E-state index contributed by atoms with van der Waals surface area (Å²) in [6, 6.07) is 5.55. The third-order valence-electron chi connectivity index (χ3n) is 2.16. The minimum absolute atomic E-state index is 0.00102. The second-order valence-electron chi connectivity index (χ2n) is 3.28. The second-order valence-corrected chi connectivity index (χ2v) is 5.58. The van der Waals surface area contributed by atoms with Gasteiger partial charge in [0, 0.05) is 11.9 Å². The molecule has 90 valence electrons. The first-order valence-electron chi connectivity index (χ1n) is 4.50. The van der Waals surface area contributed by atoms with E-state index in [2.05, 4.69) is 9.79 Å². The normalized spacial score (nSPS) is 11.6. The lowest BCUT2D eigenvalue weighted by Gasteiger charge is -1.98. The largest absolute Gasteiger partial charge is 0.359 e. The van der Waals surface area contributed by atoms with Gasteiger partial charge in [0.2, 0.25) is 5.69 Å². The molecule has 0 aliphatic rings. The Labute approximate surface area is 102 Å². The smallest absolute Gasteiger partial charge is 0.338 e. The fourth-order valence-corrected chi connectivity index (χ4v) is 2.69. The maximum atomic E-state index is 12.1. The van der Waals surface area contributed by atoms with Gasteiger partial charge in [0.15, 0.2) is 0 Å². The van der Waals surface area contributed by atoms with E-state index >= 15 is 0 Å². The molecule has 0 atom stereocenters. The molecule has 0 radical (unpaired) electrons. The molecule has 2 rings (SSSR count). The van der Waals surface area contributed by atoms with Crippen molar-refractivity contribution in [2.45, 2.75) is 16.8 Å². The number of aromatic nitrogens is 2. The van der Waals surface area contributed by atoms with Crippen molar-refractivity contribution in [1.82, 2.24) is 5.16 Å². The van der Waals surface area contributed by atoms with Crippen molar-refractivity contribution in [2.24, 2.45) is 0 Å². The predicted molar refractivity (Wildman–Crippen MR) is 57.1 cm³/mol. The van der Waals surface area contributed by atoms with E-state index < -0.39 is 14.9 Å². The molecule has 0 saturated carbocycles. The third-order valence-corrected chi connectivity index (χ3v) is 4.18. The fourth-order valence-electron chi connectivity index (χ4n) is 1.25. The number of rotatable bonds is 2. The Morgan fingerprint density at radius 2 is 1.94 bits per heavy atom. The first kappa shape index (κ1) is 11.9. The molecular formula is C9H7ClN2O4S. The summed E-state index contributed by atoms with van der Waals surface area (Å²) in [5.41, 5.74) is -0.111. The van der Waals surface area contributed by atoms with E-state index in [1.54, 1.807) is 0 Å². The zero-order valence-electron chi connectivity index (χ0n) is 8.62. The van der Waals surface area contributed by atoms with E-state index in [0.29, 0.717) is 5.02 Å². The molecule has 0 aliphatic heterocycles. The quantitative estimate of drug-likeness (QED) is 0.765. The van der Waals surface area contributed by atoms with E-state index in [9.17, 15) is 13.6 Å². The van der Waals surface area contributed by atoms with Crippen molar-refractivity contribution < 1.29 is 17.9 Å². The Kier molecular flexibility index (Phi) is 2.80. The molecular weight excluding hydrogens is 268 g/mol. The summed E-state index contributed by atoms with van der Waals surface area (Å²) in [5, 5.41) is 14.2. The van der Waals surface area contributed by atoms with E-state index in [4.69, 9.17) is 11.6 Å². The lowest BCUT2D eigenvalue weighted by molar-refractivity contribution is -0.807. The Hall–Kier alpha value is -1.60. The molecule has 0 bridgehead atoms. The Bertz CT molecular complexity index is 648. The third kappa shape index (κ3) is 1.98. The molecule has 0 unspecified atom stereocenters. The average molecular weight is 275 g/mol. The number of halogens is 1. The zero-order chi connectivity index (χ0) is 12.6. The van der Waals surface area contributed by atoms with Crippen molar-refractivity contribution in [2.75, 3.05) is 0 Å². The highest BCUT2D eigenvalue weighted by Crippen LogP contribution is 2.21. The monoisotopic (exact) mass is 274 g/mol. The van der Waals surface area contributed by atoms with Gasteiger partial charge < -0.3 is 5.21 Å². The summed E-state index contributed by atoms with van der Waals surface area (Å²) in [6.07, 6.45) is 0. The van der Waals surface area contributed by atoms with Crippen LogP contribution < -0.4 is 4.90 Å². The van der Waals surface area contributed by atoms with Crippen molar-refractivity contribution in [3.05, 3.63) is 40.2 Å². The fraction of sp³-hybridized carbons (Fsp3) is 0.111. The van der Waals surface area contributed by atoms with Gasteiger partial charge in [-0.3, -0.25) is 4.63 Å². The van der Waals surface area contributed by atoms with Gasteiger partial charge in [-0.05, 0) is 29.2 Å². The summed E-state index contributed by atoms with van der Waals surface area (Å²) in [4.78, 5) is 0.0434. The summed E-state index contributed by atoms with van der Waals surface area (Å²) in [6.45, 7) is 1.31. The van der Waals surface area contributed by atoms with Crippen LogP contribution >= 0.6 is 11.6 Å². The molecule has 0 aliphatic carbocycles. The average Bonchev–Trinajstić information content (AvgIpc) is 2.61. The number of nitrogens with zero attached hydrogens (tertiary/aromatic N) is 2. The summed E-state index contributed by atoms with van der Waals surface area (Å²) >= 11 is 5.66. The van der Waals surface area contributed by atoms with E-state index in [1.165, 1.54) is 31.2 Å². The van der Waals surface area contributed by atoms with Crippen molar-refractivity contribution in [1.29, 1.82) is 0 Å². The maximum Gasteiger partial charge on any atom is 0.338 e. The molecule has 0 saturated heterocycles. The highest BCUT2D eigenvalue weighted by atomic mass is 35.5. The van der Waals surface area contributed by atoms with Crippen LogP contribution in [0.1, 0.15) is 5.69 Å². The van der Waals surface area contributed by atoms with Crippen LogP contribution in [-0.4, -0.2) is 13.6 Å². The van der Waals surface area contributed by atoms with E-state index in [-0.39, 0.29) is 15.5 Å². The Morgan fingerprint density at radius 1 is 1.35 bits per heavy atom. The van der Waals surface area contributed by atoms with Gasteiger partial charge in [-0.1, -0.05) is 11.6 Å². The number of hydrogen-bond donors (Lipinski definition) is 0. The number of sulfone groups is 1. The standard InChI is InChI=1S/C9H7ClN2O4S/c1-6-9(11-16-12(6)13)17(14,15)8-4-2-7(10)3-5-8/h2-5H,1H3. The summed E-state index contributed by atoms with van der Waals surface area (Å²) in [5.74, 6) is 0. The SMILES string of the molecule is Cc1c(S(=O)(=O)c2ccc(Cl)cc2)no[n+]1[O-]. The van der Waals surface area contributed by atoms with Crippen molar-refractivity contribution in [3.8, 4) is 0 Å². The van der Waals surface area contributed by atoms with Crippen LogP contribution in [0.4, 0.5) is 0 Å². The minimum Gasteiger partial charge on any atom is -0.359 e. The van der Waals surface area contributed by atoms with Crippen molar-refractivity contribution >= 4 is 21.4 Å². The first-order chi connectivity index (χ1) is 7.93. The van der Waals surface area contributed by atoms with Crippen LogP contribution in [-0.2, 0) is 9.84 Å². The molecule has 0 fully saturated rings. The van der Waals surface area contributed by atoms with Gasteiger partial charge in [-0.15, -0.1) is 0 Å². The molecule has 8 heteroatoms. The van der Waals surface area contributed by atoms with Crippen molar-refractivity contribution in [3.63, 3.8) is 0 Å². The highest BCUT2D eigenvalue weighted by Gasteiger charge is 2.30. The molecule has 6 nitrogen and oxygen atoms in total. The van der Waals surface area contributed by atoms with E-state index in [0.717, 1.165) is 0 Å². The maximum absolute atomic E-state index is 12.1. The lowest BCUT2D eigenvalue weighted by atomic mass is 10.4. The minimum atomic E-state index is -3.85. The van der Waals surface area contributed by atoms with Gasteiger partial charge >= 0.3 is 5.03 Å². The molecule has 0 N–H and O–H groups in total. The Morgan fingerprint density at radius 3 is 2.41 bits per heavy atom. The molecule has 1 aromatic heterocycles. The summed E-state index contributed by atoms with van der Waals surface area (Å²) in [7, 11) is -3.85. The molecule has 0 amide bonds. The number of hydrogen-bond acceptors (Lipinski definition) is 5. The summed E-state index contributed by atoms with van der Waals surface area (Å²) < 4.78 is 28.4. The van der Waals surface area contributed by atoms with Crippen LogP contribution in [0.2, 0.25) is 5.02 Å². The highest BCUT2D eigenvalue weighted by molar-refractivity contribution is 7.91. The van der Waals surface area contributed by atoms with Gasteiger partial charge in [0.25, 0.3) is 9.84 Å². The Balaban J connectivity index is 2.58. The number of benzene rings is 1. The van der Waals surface area contributed by atoms with Gasteiger partial charge in [-0.25, -0.2) is 8.42 Å². The van der Waals surface area contributed by atoms with E-state index in [1.807, 2.05) is 0 Å². The molecule has 1 heterocycles. The van der Waals surface area contributed by atoms with Crippen LogP contribution in [0.15, 0.2) is 38.8 Å². The molecule has 2 aromatic rings. The molecule has 17 heavy (non-hydrogen) atoms. The van der Waals surface area contributed by atoms with Crippen LogP contribution in [0.25, 0.3) is 0 Å². The second kappa shape index (κ2) is 4.01. The van der Waals surface area contributed by atoms with Gasteiger partial charge in [0.1, 0.15) is 0 Å². The zero-order valence-corrected chi connectivity index (χ0v) is 10.2. The molecule has 1 aromatic carbocycles. The lowest BCUT2D eigenvalue weighted by Crippen LogP contribution is -2.26. The van der Waals surface area contributed by atoms with Crippen LogP contribution in [0.5, 0.6) is 0 Å². The first-order valence-corrected chi connectivity index (χ1v) is 6.36.